The first kappa shape index (κ1) is 18.4. The maximum atomic E-state index is 12.8. The molecule has 0 radical (unpaired) electrons. The number of piperidine rings is 1. The summed E-state index contributed by atoms with van der Waals surface area (Å²) in [5, 5.41) is 4.88. The number of likely N-dealkylation sites (tertiary alicyclic amines) is 1. The van der Waals surface area contributed by atoms with Crippen molar-refractivity contribution in [2.24, 2.45) is 5.92 Å². The first-order valence-electron chi connectivity index (χ1n) is 9.27. The Morgan fingerprint density at radius 3 is 2.58 bits per heavy atom. The highest BCUT2D eigenvalue weighted by Crippen LogP contribution is 2.30. The number of hydrogen-bond acceptors (Lipinski definition) is 3. The van der Waals surface area contributed by atoms with Gasteiger partial charge >= 0.3 is 6.03 Å². The molecule has 1 aromatic rings. The molecule has 0 bridgehead atoms. The molecule has 6 nitrogen and oxygen atoms in total. The molecule has 140 valence electrons. The molecule has 2 saturated heterocycles. The number of nitrogens with zero attached hydrogens (tertiary/aromatic N) is 1. The van der Waals surface area contributed by atoms with E-state index in [4.69, 9.17) is 0 Å². The Hall–Kier alpha value is -2.37. The highest BCUT2D eigenvalue weighted by Gasteiger charge is 2.44. The first-order chi connectivity index (χ1) is 12.3. The smallest absolute Gasteiger partial charge is 0.322 e. The highest BCUT2D eigenvalue weighted by molar-refractivity contribution is 6.07. The van der Waals surface area contributed by atoms with E-state index in [2.05, 4.69) is 41.8 Å². The number of urea groups is 1. The van der Waals surface area contributed by atoms with Crippen LogP contribution in [0, 0.1) is 12.8 Å². The van der Waals surface area contributed by atoms with Gasteiger partial charge in [-0.1, -0.05) is 36.8 Å². The van der Waals surface area contributed by atoms with Crippen LogP contribution in [0.1, 0.15) is 50.2 Å². The van der Waals surface area contributed by atoms with E-state index in [0.29, 0.717) is 12.3 Å². The topological polar surface area (TPSA) is 78.5 Å². The van der Waals surface area contributed by atoms with Gasteiger partial charge in [0.1, 0.15) is 5.54 Å². The second-order valence-corrected chi connectivity index (χ2v) is 7.86. The van der Waals surface area contributed by atoms with E-state index in [-0.39, 0.29) is 17.7 Å². The Labute approximate surface area is 154 Å². The molecular weight excluding hydrogens is 330 g/mol. The van der Waals surface area contributed by atoms with Crippen LogP contribution in [0.4, 0.5) is 4.79 Å². The van der Waals surface area contributed by atoms with Gasteiger partial charge in [0.15, 0.2) is 0 Å². The van der Waals surface area contributed by atoms with Crippen molar-refractivity contribution in [3.63, 3.8) is 0 Å². The Morgan fingerprint density at radius 1 is 1.31 bits per heavy atom. The summed E-state index contributed by atoms with van der Waals surface area (Å²) in [7, 11) is 0. The Balaban J connectivity index is 1.56. The third-order valence-electron chi connectivity index (χ3n) is 5.57. The van der Waals surface area contributed by atoms with Crippen LogP contribution in [0.15, 0.2) is 24.3 Å². The molecule has 26 heavy (non-hydrogen) atoms. The van der Waals surface area contributed by atoms with E-state index < -0.39 is 11.6 Å². The SMILES string of the molecule is Cc1cccc(C2CCN(C(=O)C(C)CC3(C)NC(=O)NC3=O)CC2)c1. The average molecular weight is 357 g/mol. The summed E-state index contributed by atoms with van der Waals surface area (Å²) >= 11 is 0. The number of aryl methyl sites for hydroxylation is 1. The fourth-order valence-electron chi connectivity index (χ4n) is 4.09. The molecule has 2 fully saturated rings. The predicted octanol–water partition coefficient (Wildman–Crippen LogP) is 2.33. The zero-order chi connectivity index (χ0) is 18.9. The number of amides is 4. The molecule has 4 amide bonds. The molecule has 2 aliphatic heterocycles. The second kappa shape index (κ2) is 7.09. The van der Waals surface area contributed by atoms with Crippen molar-refractivity contribution in [3.8, 4) is 0 Å². The largest absolute Gasteiger partial charge is 0.342 e. The van der Waals surface area contributed by atoms with Crippen LogP contribution in [-0.2, 0) is 9.59 Å². The summed E-state index contributed by atoms with van der Waals surface area (Å²) in [4.78, 5) is 38.0. The molecule has 2 unspecified atom stereocenters. The molecule has 2 N–H and O–H groups in total. The molecular formula is C20H27N3O3. The summed E-state index contributed by atoms with van der Waals surface area (Å²) < 4.78 is 0. The molecule has 0 saturated carbocycles. The predicted molar refractivity (Wildman–Crippen MR) is 98.6 cm³/mol. The second-order valence-electron chi connectivity index (χ2n) is 7.86. The molecule has 0 spiro atoms. The normalized spacial score (nSPS) is 25.0. The van der Waals surface area contributed by atoms with Crippen molar-refractivity contribution < 1.29 is 14.4 Å². The van der Waals surface area contributed by atoms with E-state index in [9.17, 15) is 14.4 Å². The number of benzene rings is 1. The summed E-state index contributed by atoms with van der Waals surface area (Å²) in [5.41, 5.74) is 1.61. The number of imide groups is 1. The first-order valence-corrected chi connectivity index (χ1v) is 9.27. The minimum Gasteiger partial charge on any atom is -0.342 e. The van der Waals surface area contributed by atoms with Crippen LogP contribution in [-0.4, -0.2) is 41.4 Å². The average Bonchev–Trinajstić information content (AvgIpc) is 2.86. The van der Waals surface area contributed by atoms with Crippen LogP contribution in [0.25, 0.3) is 0 Å². The standard InChI is InChI=1S/C20H27N3O3/c1-13-5-4-6-16(11-13)15-7-9-23(10-8-15)17(24)14(2)12-20(3)18(25)21-19(26)22-20/h4-6,11,14-15H,7-10,12H2,1-3H3,(H2,21,22,25,26). The lowest BCUT2D eigenvalue weighted by molar-refractivity contribution is -0.137. The molecule has 0 aromatic heterocycles. The van der Waals surface area contributed by atoms with Crippen molar-refractivity contribution in [1.82, 2.24) is 15.5 Å². The maximum absolute atomic E-state index is 12.8. The van der Waals surface area contributed by atoms with Gasteiger partial charge in [0.2, 0.25) is 5.91 Å². The van der Waals surface area contributed by atoms with E-state index >= 15 is 0 Å². The van der Waals surface area contributed by atoms with E-state index in [1.165, 1.54) is 11.1 Å². The van der Waals surface area contributed by atoms with E-state index in [1.54, 1.807) is 6.92 Å². The van der Waals surface area contributed by atoms with Gasteiger partial charge in [-0.05, 0) is 44.6 Å². The van der Waals surface area contributed by atoms with Crippen molar-refractivity contribution in [2.45, 2.75) is 51.5 Å². The summed E-state index contributed by atoms with van der Waals surface area (Å²) in [6, 6.07) is 8.09. The molecule has 1 aromatic carbocycles. The van der Waals surface area contributed by atoms with Gasteiger partial charge in [0, 0.05) is 19.0 Å². The van der Waals surface area contributed by atoms with Crippen LogP contribution in [0.5, 0.6) is 0 Å². The molecule has 0 aliphatic carbocycles. The fourth-order valence-corrected chi connectivity index (χ4v) is 4.09. The third-order valence-corrected chi connectivity index (χ3v) is 5.57. The van der Waals surface area contributed by atoms with Gasteiger partial charge in [0.25, 0.3) is 5.91 Å². The number of carbonyl (C=O) groups excluding carboxylic acids is 3. The lowest BCUT2D eigenvalue weighted by Gasteiger charge is -2.35. The number of nitrogens with one attached hydrogen (secondary N) is 2. The van der Waals surface area contributed by atoms with Crippen molar-refractivity contribution >= 4 is 17.8 Å². The van der Waals surface area contributed by atoms with Crippen molar-refractivity contribution in [1.29, 1.82) is 0 Å². The molecule has 6 heteroatoms. The van der Waals surface area contributed by atoms with Gasteiger partial charge in [-0.15, -0.1) is 0 Å². The Bertz CT molecular complexity index is 725. The molecule has 2 aliphatic rings. The minimum atomic E-state index is -1.01. The Kier molecular flexibility index (Phi) is 5.03. The summed E-state index contributed by atoms with van der Waals surface area (Å²) in [6.07, 6.45) is 2.22. The lowest BCUT2D eigenvalue weighted by atomic mass is 9.86. The highest BCUT2D eigenvalue weighted by atomic mass is 16.2. The minimum absolute atomic E-state index is 0.0582. The summed E-state index contributed by atoms with van der Waals surface area (Å²) in [5.74, 6) is -0.130. The number of hydrogen-bond donors (Lipinski definition) is 2. The van der Waals surface area contributed by atoms with Gasteiger partial charge < -0.3 is 10.2 Å². The lowest BCUT2D eigenvalue weighted by Crippen LogP contribution is -2.48. The number of carbonyl (C=O) groups is 3. The van der Waals surface area contributed by atoms with Gasteiger partial charge in [-0.2, -0.15) is 0 Å². The maximum Gasteiger partial charge on any atom is 0.322 e. The van der Waals surface area contributed by atoms with Gasteiger partial charge in [-0.25, -0.2) is 4.79 Å². The van der Waals surface area contributed by atoms with Crippen molar-refractivity contribution in [2.75, 3.05) is 13.1 Å². The fraction of sp³-hybridized carbons (Fsp3) is 0.550. The van der Waals surface area contributed by atoms with Crippen LogP contribution < -0.4 is 10.6 Å². The molecule has 2 atom stereocenters. The van der Waals surface area contributed by atoms with Crippen molar-refractivity contribution in [3.05, 3.63) is 35.4 Å². The molecule has 3 rings (SSSR count). The third kappa shape index (κ3) is 3.74. The van der Waals surface area contributed by atoms with E-state index in [1.807, 2.05) is 11.8 Å². The van der Waals surface area contributed by atoms with E-state index in [0.717, 1.165) is 25.9 Å². The summed E-state index contributed by atoms with van der Waals surface area (Å²) in [6.45, 7) is 7.06. The van der Waals surface area contributed by atoms with Gasteiger partial charge in [-0.3, -0.25) is 14.9 Å². The van der Waals surface area contributed by atoms with Crippen LogP contribution >= 0.6 is 0 Å². The number of rotatable bonds is 4. The zero-order valence-electron chi connectivity index (χ0n) is 15.7. The zero-order valence-corrected chi connectivity index (χ0v) is 15.7. The van der Waals surface area contributed by atoms with Crippen LogP contribution in [0.2, 0.25) is 0 Å². The molecule has 2 heterocycles. The van der Waals surface area contributed by atoms with Gasteiger partial charge in [0.05, 0.1) is 0 Å². The monoisotopic (exact) mass is 357 g/mol. The Morgan fingerprint density at radius 2 is 2.00 bits per heavy atom. The quantitative estimate of drug-likeness (QED) is 0.812. The van der Waals surface area contributed by atoms with Crippen LogP contribution in [0.3, 0.4) is 0 Å².